The van der Waals surface area contributed by atoms with E-state index in [0.717, 1.165) is 11.3 Å². The number of aromatic hydroxyl groups is 1. The molecule has 2 heterocycles. The van der Waals surface area contributed by atoms with Crippen molar-refractivity contribution in [3.05, 3.63) is 53.9 Å². The van der Waals surface area contributed by atoms with E-state index in [2.05, 4.69) is 15.3 Å². The average molecular weight is 287 g/mol. The third kappa shape index (κ3) is 2.60. The molecular weight excluding hydrogens is 277 g/mol. The van der Waals surface area contributed by atoms with Crippen LogP contribution < -0.4 is 5.32 Å². The number of nitrogens with one attached hydrogen (secondary N) is 1. The molecule has 0 aliphatic carbocycles. The zero-order valence-corrected chi connectivity index (χ0v) is 11.1. The first-order valence-corrected chi connectivity index (χ1v) is 6.72. The number of hydrogen-bond donors (Lipinski definition) is 2. The average Bonchev–Trinajstić information content (AvgIpc) is 2.92. The molecule has 0 fully saturated rings. The summed E-state index contributed by atoms with van der Waals surface area (Å²) in [5.74, 6) is -0.441. The largest absolute Gasteiger partial charge is 0.506 e. The molecule has 0 atom stereocenters. The lowest BCUT2D eigenvalue weighted by molar-refractivity contribution is 0.475. The van der Waals surface area contributed by atoms with Gasteiger partial charge in [0.25, 0.3) is 0 Å². The van der Waals surface area contributed by atoms with Gasteiger partial charge in [0.05, 0.1) is 11.4 Å². The van der Waals surface area contributed by atoms with E-state index in [0.29, 0.717) is 10.8 Å². The normalized spacial score (nSPS) is 10.4. The standard InChI is InChI=1S/C14H10FN3OS/c15-10-1-2-13(19)11(7-10)17-14-18-12(8-20-14)9-3-5-16-6-4-9/h1-8,19H,(H,17,18). The van der Waals surface area contributed by atoms with Gasteiger partial charge in [0, 0.05) is 29.4 Å². The van der Waals surface area contributed by atoms with Crippen LogP contribution in [-0.4, -0.2) is 15.1 Å². The summed E-state index contributed by atoms with van der Waals surface area (Å²) in [6.45, 7) is 0. The van der Waals surface area contributed by atoms with Crippen molar-refractivity contribution in [3.8, 4) is 17.0 Å². The van der Waals surface area contributed by atoms with Crippen LogP contribution in [0.3, 0.4) is 0 Å². The Hall–Kier alpha value is -2.47. The van der Waals surface area contributed by atoms with Gasteiger partial charge >= 0.3 is 0 Å². The van der Waals surface area contributed by atoms with Gasteiger partial charge in [-0.1, -0.05) is 0 Å². The number of anilines is 2. The number of benzene rings is 1. The highest BCUT2D eigenvalue weighted by atomic mass is 32.1. The van der Waals surface area contributed by atoms with Gasteiger partial charge in [-0.15, -0.1) is 11.3 Å². The third-order valence-corrected chi connectivity index (χ3v) is 3.44. The number of hydrogen-bond acceptors (Lipinski definition) is 5. The zero-order chi connectivity index (χ0) is 13.9. The van der Waals surface area contributed by atoms with Crippen molar-refractivity contribution in [2.75, 3.05) is 5.32 Å². The van der Waals surface area contributed by atoms with Crippen molar-refractivity contribution in [3.63, 3.8) is 0 Å². The third-order valence-electron chi connectivity index (χ3n) is 2.68. The number of phenolic OH excluding ortho intramolecular Hbond substituents is 1. The molecule has 0 aliphatic heterocycles. The summed E-state index contributed by atoms with van der Waals surface area (Å²) >= 11 is 1.38. The minimum absolute atomic E-state index is 0.0212. The second-order valence-electron chi connectivity index (χ2n) is 4.06. The van der Waals surface area contributed by atoms with Gasteiger partial charge in [0.2, 0.25) is 0 Å². The van der Waals surface area contributed by atoms with Crippen molar-refractivity contribution in [1.29, 1.82) is 0 Å². The predicted octanol–water partition coefficient (Wildman–Crippen LogP) is 3.79. The van der Waals surface area contributed by atoms with Crippen LogP contribution in [0.5, 0.6) is 5.75 Å². The van der Waals surface area contributed by atoms with E-state index in [1.54, 1.807) is 12.4 Å². The van der Waals surface area contributed by atoms with Crippen LogP contribution in [0.4, 0.5) is 15.2 Å². The van der Waals surface area contributed by atoms with Crippen molar-refractivity contribution in [2.24, 2.45) is 0 Å². The Labute approximate surface area is 118 Å². The van der Waals surface area contributed by atoms with Gasteiger partial charge in [-0.3, -0.25) is 4.98 Å². The Morgan fingerprint density at radius 2 is 1.95 bits per heavy atom. The van der Waals surface area contributed by atoms with Crippen LogP contribution in [-0.2, 0) is 0 Å². The van der Waals surface area contributed by atoms with E-state index in [-0.39, 0.29) is 5.75 Å². The number of halogens is 1. The lowest BCUT2D eigenvalue weighted by atomic mass is 10.2. The first-order chi connectivity index (χ1) is 9.72. The van der Waals surface area contributed by atoms with Gasteiger partial charge in [0.1, 0.15) is 11.6 Å². The molecule has 0 amide bonds. The molecule has 0 unspecified atom stereocenters. The molecule has 3 aromatic rings. The predicted molar refractivity (Wildman–Crippen MR) is 76.7 cm³/mol. The maximum absolute atomic E-state index is 13.1. The van der Waals surface area contributed by atoms with E-state index < -0.39 is 5.82 Å². The van der Waals surface area contributed by atoms with Crippen LogP contribution in [0.1, 0.15) is 0 Å². The lowest BCUT2D eigenvalue weighted by Crippen LogP contribution is -1.91. The molecule has 0 bridgehead atoms. The fourth-order valence-electron chi connectivity index (χ4n) is 1.71. The number of aromatic nitrogens is 2. The zero-order valence-electron chi connectivity index (χ0n) is 10.2. The number of thiazole rings is 1. The molecule has 0 radical (unpaired) electrons. The van der Waals surface area contributed by atoms with E-state index in [1.165, 1.54) is 29.5 Å². The first kappa shape index (κ1) is 12.6. The summed E-state index contributed by atoms with van der Waals surface area (Å²) in [5, 5.41) is 15.0. The Kier molecular flexibility index (Phi) is 3.30. The number of phenols is 1. The van der Waals surface area contributed by atoms with E-state index in [9.17, 15) is 9.50 Å². The van der Waals surface area contributed by atoms with Gasteiger partial charge in [0.15, 0.2) is 5.13 Å². The summed E-state index contributed by atoms with van der Waals surface area (Å²) < 4.78 is 13.1. The summed E-state index contributed by atoms with van der Waals surface area (Å²) in [7, 11) is 0. The Bertz CT molecular complexity index is 730. The molecule has 100 valence electrons. The monoisotopic (exact) mass is 287 g/mol. The molecule has 1 aromatic carbocycles. The fourth-order valence-corrected chi connectivity index (χ4v) is 2.44. The highest BCUT2D eigenvalue weighted by molar-refractivity contribution is 7.14. The van der Waals surface area contributed by atoms with Crippen LogP contribution >= 0.6 is 11.3 Å². The Balaban J connectivity index is 1.86. The van der Waals surface area contributed by atoms with Gasteiger partial charge < -0.3 is 10.4 Å². The van der Waals surface area contributed by atoms with Crippen molar-refractivity contribution >= 4 is 22.2 Å². The number of nitrogens with zero attached hydrogens (tertiary/aromatic N) is 2. The molecule has 2 aromatic heterocycles. The molecule has 0 aliphatic rings. The number of rotatable bonds is 3. The summed E-state index contributed by atoms with van der Waals surface area (Å²) in [6, 6.07) is 7.44. The van der Waals surface area contributed by atoms with Gasteiger partial charge in [-0.2, -0.15) is 0 Å². The summed E-state index contributed by atoms with van der Waals surface area (Å²) in [6.07, 6.45) is 3.39. The van der Waals surface area contributed by atoms with Gasteiger partial charge in [-0.25, -0.2) is 9.37 Å². The highest BCUT2D eigenvalue weighted by Crippen LogP contribution is 2.31. The SMILES string of the molecule is Oc1ccc(F)cc1Nc1nc(-c2ccncc2)cs1. The van der Waals surface area contributed by atoms with Crippen LogP contribution in [0.2, 0.25) is 0 Å². The van der Waals surface area contributed by atoms with E-state index >= 15 is 0 Å². The van der Waals surface area contributed by atoms with Crippen molar-refractivity contribution < 1.29 is 9.50 Å². The molecule has 0 saturated carbocycles. The van der Waals surface area contributed by atoms with Crippen molar-refractivity contribution in [1.82, 2.24) is 9.97 Å². The topological polar surface area (TPSA) is 58.0 Å². The lowest BCUT2D eigenvalue weighted by Gasteiger charge is -2.05. The highest BCUT2D eigenvalue weighted by Gasteiger charge is 2.07. The molecule has 20 heavy (non-hydrogen) atoms. The Morgan fingerprint density at radius 1 is 1.15 bits per heavy atom. The second-order valence-corrected chi connectivity index (χ2v) is 4.92. The van der Waals surface area contributed by atoms with E-state index in [1.807, 2.05) is 17.5 Å². The molecule has 2 N–H and O–H groups in total. The molecule has 0 spiro atoms. The molecule has 0 saturated heterocycles. The summed E-state index contributed by atoms with van der Waals surface area (Å²) in [5.41, 5.74) is 2.05. The van der Waals surface area contributed by atoms with E-state index in [4.69, 9.17) is 0 Å². The maximum Gasteiger partial charge on any atom is 0.187 e. The van der Waals surface area contributed by atoms with Crippen LogP contribution in [0, 0.1) is 5.82 Å². The molecular formula is C14H10FN3OS. The number of pyridine rings is 1. The quantitative estimate of drug-likeness (QED) is 0.719. The van der Waals surface area contributed by atoms with Crippen molar-refractivity contribution in [2.45, 2.75) is 0 Å². The smallest absolute Gasteiger partial charge is 0.187 e. The molecule has 6 heteroatoms. The molecule has 3 rings (SSSR count). The van der Waals surface area contributed by atoms with Crippen LogP contribution in [0.15, 0.2) is 48.1 Å². The maximum atomic E-state index is 13.1. The van der Waals surface area contributed by atoms with Gasteiger partial charge in [-0.05, 0) is 24.3 Å². The minimum Gasteiger partial charge on any atom is -0.506 e. The molecule has 4 nitrogen and oxygen atoms in total. The minimum atomic E-state index is -0.420. The van der Waals surface area contributed by atoms with Crippen LogP contribution in [0.25, 0.3) is 11.3 Å². The first-order valence-electron chi connectivity index (χ1n) is 5.84. The summed E-state index contributed by atoms with van der Waals surface area (Å²) in [4.78, 5) is 8.34. The second kappa shape index (κ2) is 5.26. The Morgan fingerprint density at radius 3 is 2.75 bits per heavy atom. The fraction of sp³-hybridized carbons (Fsp3) is 0.